The van der Waals surface area contributed by atoms with Gasteiger partial charge in [-0.25, -0.2) is 9.97 Å². The third kappa shape index (κ3) is 4.02. The number of hydrogen-bond donors (Lipinski definition) is 2. The molecule has 1 aromatic rings. The average molecular weight is 260 g/mol. The number of aliphatic hydroxyl groups is 1. The normalized spacial score (nSPS) is 12.5. The Balaban J connectivity index is 2.34. The number of halogens is 1. The molecule has 0 amide bonds. The predicted molar refractivity (Wildman–Crippen MR) is 59.1 cm³/mol. The summed E-state index contributed by atoms with van der Waals surface area (Å²) in [7, 11) is 0. The van der Waals surface area contributed by atoms with Crippen LogP contribution in [0.25, 0.3) is 0 Å². The molecular formula is C9H14BrN3O. The van der Waals surface area contributed by atoms with Gasteiger partial charge in [-0.1, -0.05) is 6.92 Å². The van der Waals surface area contributed by atoms with Gasteiger partial charge < -0.3 is 10.4 Å². The first-order valence-corrected chi connectivity index (χ1v) is 5.34. The van der Waals surface area contributed by atoms with Gasteiger partial charge in [0.15, 0.2) is 0 Å². The fourth-order valence-corrected chi connectivity index (χ4v) is 1.20. The molecule has 0 bridgehead atoms. The van der Waals surface area contributed by atoms with Crippen molar-refractivity contribution in [1.29, 1.82) is 0 Å². The van der Waals surface area contributed by atoms with Crippen LogP contribution < -0.4 is 5.32 Å². The highest BCUT2D eigenvalue weighted by Gasteiger charge is 2.01. The summed E-state index contributed by atoms with van der Waals surface area (Å²) in [6.07, 6.45) is 4.20. The van der Waals surface area contributed by atoms with E-state index in [2.05, 4.69) is 38.1 Å². The van der Waals surface area contributed by atoms with E-state index in [0.29, 0.717) is 11.9 Å². The summed E-state index contributed by atoms with van der Waals surface area (Å²) < 4.78 is 0.867. The molecule has 0 saturated heterocycles. The lowest BCUT2D eigenvalue weighted by Crippen LogP contribution is -2.14. The first-order valence-electron chi connectivity index (χ1n) is 4.54. The monoisotopic (exact) mass is 259 g/mol. The predicted octanol–water partition coefficient (Wildman–Crippen LogP) is 1.67. The van der Waals surface area contributed by atoms with Gasteiger partial charge in [0, 0.05) is 25.5 Å². The van der Waals surface area contributed by atoms with E-state index in [1.165, 1.54) is 0 Å². The van der Waals surface area contributed by atoms with Crippen LogP contribution in [0.4, 0.5) is 5.95 Å². The fraction of sp³-hybridized carbons (Fsp3) is 0.556. The third-order valence-corrected chi connectivity index (χ3v) is 2.26. The van der Waals surface area contributed by atoms with Crippen molar-refractivity contribution in [2.75, 3.05) is 18.5 Å². The minimum Gasteiger partial charge on any atom is -0.396 e. The van der Waals surface area contributed by atoms with Gasteiger partial charge >= 0.3 is 0 Å². The zero-order valence-corrected chi connectivity index (χ0v) is 9.66. The standard InChI is InChI=1S/C9H14BrN3O/c1-7(2-3-14)4-11-9-12-5-8(10)6-13-9/h5-7,14H,2-4H2,1H3,(H,11,12,13). The molecule has 0 fully saturated rings. The number of nitrogens with zero attached hydrogens (tertiary/aromatic N) is 2. The summed E-state index contributed by atoms with van der Waals surface area (Å²) >= 11 is 3.26. The number of aromatic nitrogens is 2. The molecule has 1 aromatic heterocycles. The summed E-state index contributed by atoms with van der Waals surface area (Å²) in [5.41, 5.74) is 0. The Hall–Kier alpha value is -0.680. The molecule has 0 spiro atoms. The van der Waals surface area contributed by atoms with Crippen molar-refractivity contribution in [2.24, 2.45) is 5.92 Å². The molecule has 0 saturated carbocycles. The maximum absolute atomic E-state index is 8.71. The topological polar surface area (TPSA) is 58.0 Å². The average Bonchev–Trinajstić information content (AvgIpc) is 2.17. The molecule has 1 unspecified atom stereocenters. The Morgan fingerprint density at radius 2 is 2.14 bits per heavy atom. The van der Waals surface area contributed by atoms with Crippen LogP contribution >= 0.6 is 15.9 Å². The van der Waals surface area contributed by atoms with Crippen molar-refractivity contribution in [3.05, 3.63) is 16.9 Å². The molecule has 0 aliphatic heterocycles. The molecule has 0 radical (unpaired) electrons. The van der Waals surface area contributed by atoms with Gasteiger partial charge in [-0.2, -0.15) is 0 Å². The van der Waals surface area contributed by atoms with Gasteiger partial charge in [0.05, 0.1) is 4.47 Å². The van der Waals surface area contributed by atoms with E-state index < -0.39 is 0 Å². The Kier molecular flexibility index (Phi) is 4.82. The van der Waals surface area contributed by atoms with Crippen molar-refractivity contribution >= 4 is 21.9 Å². The Morgan fingerprint density at radius 1 is 1.50 bits per heavy atom. The quantitative estimate of drug-likeness (QED) is 0.845. The highest BCUT2D eigenvalue weighted by molar-refractivity contribution is 9.10. The molecule has 4 nitrogen and oxygen atoms in total. The lowest BCUT2D eigenvalue weighted by molar-refractivity contribution is 0.265. The first-order chi connectivity index (χ1) is 6.72. The van der Waals surface area contributed by atoms with Crippen molar-refractivity contribution in [2.45, 2.75) is 13.3 Å². The Labute approximate surface area is 91.9 Å². The van der Waals surface area contributed by atoms with E-state index in [-0.39, 0.29) is 6.61 Å². The van der Waals surface area contributed by atoms with Crippen LogP contribution in [0.5, 0.6) is 0 Å². The molecule has 5 heteroatoms. The minimum atomic E-state index is 0.226. The maximum atomic E-state index is 8.71. The van der Waals surface area contributed by atoms with Crippen LogP contribution in [0.1, 0.15) is 13.3 Å². The zero-order chi connectivity index (χ0) is 10.4. The highest BCUT2D eigenvalue weighted by atomic mass is 79.9. The van der Waals surface area contributed by atoms with Crippen LogP contribution in [-0.2, 0) is 0 Å². The molecule has 14 heavy (non-hydrogen) atoms. The van der Waals surface area contributed by atoms with E-state index in [9.17, 15) is 0 Å². The fourth-order valence-electron chi connectivity index (χ4n) is 0.992. The third-order valence-electron chi connectivity index (χ3n) is 1.85. The molecule has 0 aliphatic carbocycles. The van der Waals surface area contributed by atoms with Crippen molar-refractivity contribution in [3.8, 4) is 0 Å². The van der Waals surface area contributed by atoms with Crippen LogP contribution in [0.3, 0.4) is 0 Å². The van der Waals surface area contributed by atoms with Crippen molar-refractivity contribution < 1.29 is 5.11 Å². The van der Waals surface area contributed by atoms with Crippen molar-refractivity contribution in [3.63, 3.8) is 0 Å². The molecule has 1 heterocycles. The summed E-state index contributed by atoms with van der Waals surface area (Å²) in [5.74, 6) is 1.05. The number of anilines is 1. The van der Waals surface area contributed by atoms with Crippen LogP contribution in [0.2, 0.25) is 0 Å². The molecular weight excluding hydrogens is 246 g/mol. The second-order valence-corrected chi connectivity index (χ2v) is 4.14. The summed E-state index contributed by atoms with van der Waals surface area (Å²) in [6.45, 7) is 3.08. The van der Waals surface area contributed by atoms with E-state index in [0.717, 1.165) is 17.4 Å². The van der Waals surface area contributed by atoms with Gasteiger partial charge in [-0.05, 0) is 28.3 Å². The molecule has 1 rings (SSSR count). The minimum absolute atomic E-state index is 0.226. The number of hydrogen-bond acceptors (Lipinski definition) is 4. The van der Waals surface area contributed by atoms with Gasteiger partial charge in [0.1, 0.15) is 0 Å². The van der Waals surface area contributed by atoms with Gasteiger partial charge in [-0.15, -0.1) is 0 Å². The van der Waals surface area contributed by atoms with Crippen LogP contribution in [0.15, 0.2) is 16.9 Å². The van der Waals surface area contributed by atoms with Crippen molar-refractivity contribution in [1.82, 2.24) is 9.97 Å². The molecule has 2 N–H and O–H groups in total. The van der Waals surface area contributed by atoms with Crippen LogP contribution in [-0.4, -0.2) is 28.2 Å². The van der Waals surface area contributed by atoms with E-state index in [1.54, 1.807) is 12.4 Å². The molecule has 0 aromatic carbocycles. The van der Waals surface area contributed by atoms with Gasteiger partial charge in [-0.3, -0.25) is 0 Å². The summed E-state index contributed by atoms with van der Waals surface area (Å²) in [6, 6.07) is 0. The van der Waals surface area contributed by atoms with E-state index in [1.807, 2.05) is 0 Å². The number of rotatable bonds is 5. The second-order valence-electron chi connectivity index (χ2n) is 3.22. The van der Waals surface area contributed by atoms with Gasteiger partial charge in [0.2, 0.25) is 5.95 Å². The molecule has 1 atom stereocenters. The summed E-state index contributed by atoms with van der Waals surface area (Å²) in [5, 5.41) is 11.8. The molecule has 0 aliphatic rings. The Bertz CT molecular complexity index is 265. The summed E-state index contributed by atoms with van der Waals surface area (Å²) in [4.78, 5) is 8.16. The number of nitrogens with one attached hydrogen (secondary N) is 1. The zero-order valence-electron chi connectivity index (χ0n) is 8.07. The van der Waals surface area contributed by atoms with Crippen LogP contribution in [0, 0.1) is 5.92 Å². The lowest BCUT2D eigenvalue weighted by Gasteiger charge is -2.10. The maximum Gasteiger partial charge on any atom is 0.222 e. The first kappa shape index (κ1) is 11.4. The Morgan fingerprint density at radius 3 is 2.71 bits per heavy atom. The second kappa shape index (κ2) is 5.93. The largest absolute Gasteiger partial charge is 0.396 e. The van der Waals surface area contributed by atoms with E-state index in [4.69, 9.17) is 5.11 Å². The number of aliphatic hydroxyl groups excluding tert-OH is 1. The highest BCUT2D eigenvalue weighted by Crippen LogP contribution is 2.07. The smallest absolute Gasteiger partial charge is 0.222 e. The molecule has 78 valence electrons. The SMILES string of the molecule is CC(CCO)CNc1ncc(Br)cn1. The van der Waals surface area contributed by atoms with Gasteiger partial charge in [0.25, 0.3) is 0 Å². The van der Waals surface area contributed by atoms with E-state index >= 15 is 0 Å². The lowest BCUT2D eigenvalue weighted by atomic mass is 10.1.